The van der Waals surface area contributed by atoms with Gasteiger partial charge in [-0.05, 0) is 24.5 Å². The fourth-order valence-corrected chi connectivity index (χ4v) is 4.70. The standard InChI is InChI=1S/C19H23Cl2N3O2S/c1-11(2)8-16-17(12-4-5-13(20)14(21)9-12)23-19(27-16)24-7-6-22-15(10-24)18(25)26-3/h4-5,9,11,15,22H,6-8,10H2,1-3H3. The van der Waals surface area contributed by atoms with Crippen LogP contribution in [-0.2, 0) is 16.0 Å². The zero-order valence-corrected chi connectivity index (χ0v) is 17.9. The maximum atomic E-state index is 11.9. The van der Waals surface area contributed by atoms with Gasteiger partial charge in [0.25, 0.3) is 0 Å². The molecule has 2 heterocycles. The molecule has 1 saturated heterocycles. The number of thiazole rings is 1. The lowest BCUT2D eigenvalue weighted by Crippen LogP contribution is -2.54. The SMILES string of the molecule is COC(=O)C1CN(c2nc(-c3ccc(Cl)c(Cl)c3)c(CC(C)C)s2)CCN1. The summed E-state index contributed by atoms with van der Waals surface area (Å²) in [6.45, 7) is 6.43. The topological polar surface area (TPSA) is 54.5 Å². The van der Waals surface area contributed by atoms with Gasteiger partial charge in [-0.3, -0.25) is 4.79 Å². The van der Waals surface area contributed by atoms with Crippen LogP contribution in [0.5, 0.6) is 0 Å². The van der Waals surface area contributed by atoms with Gasteiger partial charge in [0.05, 0.1) is 22.8 Å². The van der Waals surface area contributed by atoms with Crippen molar-refractivity contribution < 1.29 is 9.53 Å². The molecule has 0 bridgehead atoms. The number of ether oxygens (including phenoxy) is 1. The van der Waals surface area contributed by atoms with Crippen LogP contribution in [0.4, 0.5) is 5.13 Å². The predicted octanol–water partition coefficient (Wildman–Crippen LogP) is 4.27. The highest BCUT2D eigenvalue weighted by atomic mass is 35.5. The molecule has 1 N–H and O–H groups in total. The van der Waals surface area contributed by atoms with Crippen LogP contribution in [-0.4, -0.2) is 43.7 Å². The van der Waals surface area contributed by atoms with E-state index >= 15 is 0 Å². The maximum Gasteiger partial charge on any atom is 0.324 e. The van der Waals surface area contributed by atoms with E-state index in [1.54, 1.807) is 17.4 Å². The normalized spacial score (nSPS) is 17.4. The highest BCUT2D eigenvalue weighted by Gasteiger charge is 2.28. The van der Waals surface area contributed by atoms with Gasteiger partial charge in [-0.25, -0.2) is 4.98 Å². The number of rotatable bonds is 5. The van der Waals surface area contributed by atoms with E-state index in [0.717, 1.165) is 29.4 Å². The highest BCUT2D eigenvalue weighted by Crippen LogP contribution is 2.37. The van der Waals surface area contributed by atoms with Gasteiger partial charge < -0.3 is 15.0 Å². The van der Waals surface area contributed by atoms with Gasteiger partial charge in [0.2, 0.25) is 0 Å². The molecule has 0 saturated carbocycles. The second-order valence-electron chi connectivity index (χ2n) is 6.97. The van der Waals surface area contributed by atoms with E-state index in [4.69, 9.17) is 32.9 Å². The number of hydrogen-bond donors (Lipinski definition) is 1. The van der Waals surface area contributed by atoms with Crippen molar-refractivity contribution in [3.05, 3.63) is 33.1 Å². The van der Waals surface area contributed by atoms with Gasteiger partial charge in [0.1, 0.15) is 6.04 Å². The van der Waals surface area contributed by atoms with Crippen molar-refractivity contribution >= 4 is 45.6 Å². The molecular formula is C19H23Cl2N3O2S. The number of halogens is 2. The Morgan fingerprint density at radius 1 is 1.41 bits per heavy atom. The number of anilines is 1. The fourth-order valence-electron chi connectivity index (χ4n) is 3.08. The van der Waals surface area contributed by atoms with Crippen molar-refractivity contribution in [3.63, 3.8) is 0 Å². The average molecular weight is 428 g/mol. The summed E-state index contributed by atoms with van der Waals surface area (Å²) in [5.41, 5.74) is 1.90. The third-order valence-corrected chi connectivity index (χ3v) is 6.28. The lowest BCUT2D eigenvalue weighted by Gasteiger charge is -2.31. The number of piperazine rings is 1. The van der Waals surface area contributed by atoms with Crippen LogP contribution in [0, 0.1) is 5.92 Å². The number of carbonyl (C=O) groups excluding carboxylic acids is 1. The monoisotopic (exact) mass is 427 g/mol. The van der Waals surface area contributed by atoms with Gasteiger partial charge in [-0.15, -0.1) is 11.3 Å². The minimum absolute atomic E-state index is 0.247. The number of aromatic nitrogens is 1. The van der Waals surface area contributed by atoms with Crippen molar-refractivity contribution in [3.8, 4) is 11.3 Å². The summed E-state index contributed by atoms with van der Waals surface area (Å²) in [5, 5.41) is 5.17. The first kappa shape index (κ1) is 20.4. The summed E-state index contributed by atoms with van der Waals surface area (Å²) >= 11 is 14.0. The Bertz CT molecular complexity index is 825. The quantitative estimate of drug-likeness (QED) is 0.721. The molecule has 1 aliphatic heterocycles. The summed E-state index contributed by atoms with van der Waals surface area (Å²) in [5.74, 6) is 0.258. The number of methoxy groups -OCH3 is 1. The second kappa shape index (κ2) is 8.78. The molecule has 0 amide bonds. The van der Waals surface area contributed by atoms with E-state index in [0.29, 0.717) is 29.1 Å². The first-order valence-electron chi connectivity index (χ1n) is 8.90. The molecule has 0 spiro atoms. The molecule has 1 fully saturated rings. The first-order valence-corrected chi connectivity index (χ1v) is 10.5. The highest BCUT2D eigenvalue weighted by molar-refractivity contribution is 7.16. The smallest absolute Gasteiger partial charge is 0.324 e. The van der Waals surface area contributed by atoms with E-state index in [-0.39, 0.29) is 12.0 Å². The number of benzene rings is 1. The molecule has 0 aliphatic carbocycles. The molecule has 1 unspecified atom stereocenters. The van der Waals surface area contributed by atoms with Gasteiger partial charge >= 0.3 is 5.97 Å². The molecule has 5 nitrogen and oxygen atoms in total. The summed E-state index contributed by atoms with van der Waals surface area (Å²) in [6, 6.07) is 5.28. The van der Waals surface area contributed by atoms with Crippen LogP contribution in [0.2, 0.25) is 10.0 Å². The van der Waals surface area contributed by atoms with Crippen LogP contribution in [0.25, 0.3) is 11.3 Å². The Balaban J connectivity index is 1.93. The average Bonchev–Trinajstić information content (AvgIpc) is 3.06. The van der Waals surface area contributed by atoms with Crippen molar-refractivity contribution in [1.82, 2.24) is 10.3 Å². The molecule has 1 aromatic heterocycles. The predicted molar refractivity (Wildman–Crippen MR) is 112 cm³/mol. The van der Waals surface area contributed by atoms with Gasteiger partial charge in [0, 0.05) is 30.1 Å². The molecule has 8 heteroatoms. The molecule has 1 atom stereocenters. The summed E-state index contributed by atoms with van der Waals surface area (Å²) < 4.78 is 4.88. The number of carbonyl (C=O) groups is 1. The lowest BCUT2D eigenvalue weighted by atomic mass is 10.0. The third-order valence-electron chi connectivity index (χ3n) is 4.40. The molecule has 146 valence electrons. The third kappa shape index (κ3) is 4.74. The van der Waals surface area contributed by atoms with Crippen LogP contribution in [0.15, 0.2) is 18.2 Å². The number of hydrogen-bond acceptors (Lipinski definition) is 6. The van der Waals surface area contributed by atoms with Crippen LogP contribution in [0.3, 0.4) is 0 Å². The number of esters is 1. The lowest BCUT2D eigenvalue weighted by molar-refractivity contribution is -0.143. The van der Waals surface area contributed by atoms with Crippen molar-refractivity contribution in [2.75, 3.05) is 31.6 Å². The summed E-state index contributed by atoms with van der Waals surface area (Å²) in [6.07, 6.45) is 0.930. The minimum atomic E-state index is -0.338. The van der Waals surface area contributed by atoms with Crippen molar-refractivity contribution in [1.29, 1.82) is 0 Å². The van der Waals surface area contributed by atoms with Gasteiger partial charge in [0.15, 0.2) is 5.13 Å². The van der Waals surface area contributed by atoms with Crippen LogP contribution in [0.1, 0.15) is 18.7 Å². The van der Waals surface area contributed by atoms with Crippen molar-refractivity contribution in [2.45, 2.75) is 26.3 Å². The Hall–Kier alpha value is -1.34. The largest absolute Gasteiger partial charge is 0.468 e. The molecule has 2 aromatic rings. The first-order chi connectivity index (χ1) is 12.9. The van der Waals surface area contributed by atoms with E-state index in [2.05, 4.69) is 24.1 Å². The van der Waals surface area contributed by atoms with E-state index in [1.165, 1.54) is 12.0 Å². The van der Waals surface area contributed by atoms with E-state index in [9.17, 15) is 4.79 Å². The number of nitrogens with one attached hydrogen (secondary N) is 1. The fraction of sp³-hybridized carbons (Fsp3) is 0.474. The zero-order valence-electron chi connectivity index (χ0n) is 15.6. The van der Waals surface area contributed by atoms with Crippen LogP contribution >= 0.6 is 34.5 Å². The Morgan fingerprint density at radius 2 is 2.19 bits per heavy atom. The van der Waals surface area contributed by atoms with Gasteiger partial charge in [-0.1, -0.05) is 43.1 Å². The van der Waals surface area contributed by atoms with E-state index in [1.807, 2.05) is 12.1 Å². The van der Waals surface area contributed by atoms with Gasteiger partial charge in [-0.2, -0.15) is 0 Å². The molecule has 3 rings (SSSR count). The molecule has 27 heavy (non-hydrogen) atoms. The van der Waals surface area contributed by atoms with Crippen LogP contribution < -0.4 is 10.2 Å². The molecule has 1 aromatic carbocycles. The van der Waals surface area contributed by atoms with E-state index < -0.39 is 0 Å². The number of nitrogens with zero attached hydrogens (tertiary/aromatic N) is 2. The summed E-state index contributed by atoms with van der Waals surface area (Å²) in [7, 11) is 1.41. The Morgan fingerprint density at radius 3 is 2.85 bits per heavy atom. The molecule has 0 radical (unpaired) electrons. The Labute approximate surface area is 173 Å². The minimum Gasteiger partial charge on any atom is -0.468 e. The maximum absolute atomic E-state index is 11.9. The molecular weight excluding hydrogens is 405 g/mol. The Kier molecular flexibility index (Phi) is 6.63. The van der Waals surface area contributed by atoms with Crippen molar-refractivity contribution in [2.24, 2.45) is 5.92 Å². The second-order valence-corrected chi connectivity index (χ2v) is 8.85. The molecule has 1 aliphatic rings. The zero-order chi connectivity index (χ0) is 19.6. The summed E-state index contributed by atoms with van der Waals surface area (Å²) in [4.78, 5) is 20.2.